The van der Waals surface area contributed by atoms with Crippen molar-refractivity contribution in [1.29, 1.82) is 0 Å². The predicted molar refractivity (Wildman–Crippen MR) is 71.5 cm³/mol. The van der Waals surface area contributed by atoms with Crippen LogP contribution in [0.15, 0.2) is 0 Å². The first-order valence-corrected chi connectivity index (χ1v) is 6.63. The van der Waals surface area contributed by atoms with Gasteiger partial charge in [0.05, 0.1) is 0 Å². The molecule has 0 aromatic heterocycles. The second-order valence-electron chi connectivity index (χ2n) is 7.04. The first kappa shape index (κ1) is 14.0. The van der Waals surface area contributed by atoms with E-state index in [9.17, 15) is 0 Å². The Kier molecular flexibility index (Phi) is 4.07. The molecule has 1 aliphatic rings. The third-order valence-corrected chi connectivity index (χ3v) is 4.41. The van der Waals surface area contributed by atoms with Crippen molar-refractivity contribution < 1.29 is 0 Å². The van der Waals surface area contributed by atoms with Crippen LogP contribution < -0.4 is 5.73 Å². The zero-order valence-electron chi connectivity index (χ0n) is 12.0. The second-order valence-corrected chi connectivity index (χ2v) is 7.04. The molecule has 0 aromatic carbocycles. The highest BCUT2D eigenvalue weighted by Gasteiger charge is 2.46. The molecule has 16 heavy (non-hydrogen) atoms. The van der Waals surface area contributed by atoms with Gasteiger partial charge >= 0.3 is 0 Å². The number of rotatable bonds is 2. The lowest BCUT2D eigenvalue weighted by Gasteiger charge is -2.53. The molecular weight excluding hydrogens is 196 g/mol. The maximum atomic E-state index is 6.58. The summed E-state index contributed by atoms with van der Waals surface area (Å²) in [7, 11) is 4.40. The van der Waals surface area contributed by atoms with Crippen molar-refractivity contribution in [3.8, 4) is 0 Å². The van der Waals surface area contributed by atoms with Crippen LogP contribution in [-0.2, 0) is 0 Å². The topological polar surface area (TPSA) is 29.3 Å². The van der Waals surface area contributed by atoms with Gasteiger partial charge in [0.2, 0.25) is 0 Å². The van der Waals surface area contributed by atoms with Gasteiger partial charge in [0, 0.05) is 11.6 Å². The lowest BCUT2D eigenvalue weighted by Crippen LogP contribution is -2.63. The molecule has 0 aliphatic heterocycles. The largest absolute Gasteiger partial charge is 0.326 e. The highest BCUT2D eigenvalue weighted by atomic mass is 15.2. The van der Waals surface area contributed by atoms with Crippen LogP contribution in [0, 0.1) is 11.3 Å². The summed E-state index contributed by atoms with van der Waals surface area (Å²) in [5.74, 6) is 0.810. The van der Waals surface area contributed by atoms with Gasteiger partial charge in [0.15, 0.2) is 0 Å². The first-order valence-electron chi connectivity index (χ1n) is 6.63. The Morgan fingerprint density at radius 2 is 1.88 bits per heavy atom. The summed E-state index contributed by atoms with van der Waals surface area (Å²) < 4.78 is 0. The van der Waals surface area contributed by atoms with Crippen molar-refractivity contribution in [2.75, 3.05) is 14.1 Å². The van der Waals surface area contributed by atoms with Gasteiger partial charge in [-0.05, 0) is 38.3 Å². The summed E-state index contributed by atoms with van der Waals surface area (Å²) in [5, 5.41) is 0. The molecule has 96 valence electrons. The van der Waals surface area contributed by atoms with Crippen LogP contribution in [0.3, 0.4) is 0 Å². The van der Waals surface area contributed by atoms with E-state index in [1.54, 1.807) is 0 Å². The Labute approximate surface area is 102 Å². The lowest BCUT2D eigenvalue weighted by atomic mass is 9.65. The molecule has 2 heteroatoms. The fraction of sp³-hybridized carbons (Fsp3) is 1.00. The summed E-state index contributed by atoms with van der Waals surface area (Å²) in [6.45, 7) is 9.17. The van der Waals surface area contributed by atoms with Gasteiger partial charge in [-0.3, -0.25) is 0 Å². The number of nitrogens with two attached hydrogens (primary N) is 1. The molecule has 0 heterocycles. The molecule has 2 nitrogen and oxygen atoms in total. The zero-order chi connectivity index (χ0) is 12.6. The van der Waals surface area contributed by atoms with Crippen LogP contribution in [0.4, 0.5) is 0 Å². The molecule has 0 aromatic rings. The van der Waals surface area contributed by atoms with E-state index in [2.05, 4.69) is 46.7 Å². The second kappa shape index (κ2) is 4.66. The Bertz CT molecular complexity index is 229. The third kappa shape index (κ3) is 2.60. The van der Waals surface area contributed by atoms with Crippen LogP contribution in [-0.4, -0.2) is 30.6 Å². The van der Waals surface area contributed by atoms with Crippen LogP contribution in [0.2, 0.25) is 0 Å². The number of hydrogen-bond acceptors (Lipinski definition) is 2. The van der Waals surface area contributed by atoms with E-state index in [1.165, 1.54) is 25.7 Å². The minimum Gasteiger partial charge on any atom is -0.326 e. The Balaban J connectivity index is 2.96. The number of hydrogen-bond donors (Lipinski definition) is 1. The van der Waals surface area contributed by atoms with Crippen LogP contribution >= 0.6 is 0 Å². The minimum atomic E-state index is 0.182. The fourth-order valence-electron chi connectivity index (χ4n) is 3.34. The normalized spacial score (nSPS) is 34.1. The average molecular weight is 226 g/mol. The maximum absolute atomic E-state index is 6.58. The summed E-state index contributed by atoms with van der Waals surface area (Å²) >= 11 is 0. The van der Waals surface area contributed by atoms with E-state index < -0.39 is 0 Å². The summed E-state index contributed by atoms with van der Waals surface area (Å²) in [6, 6.07) is 0.248. The van der Waals surface area contributed by atoms with Crippen LogP contribution in [0.5, 0.6) is 0 Å². The molecule has 3 unspecified atom stereocenters. The molecule has 3 atom stereocenters. The van der Waals surface area contributed by atoms with Gasteiger partial charge in [0.1, 0.15) is 0 Å². The SMILES string of the molecule is CC1CCCC(C(N)C(C)(C)C)(N(C)C)C1. The van der Waals surface area contributed by atoms with E-state index in [4.69, 9.17) is 5.73 Å². The van der Waals surface area contributed by atoms with Crippen molar-refractivity contribution in [3.05, 3.63) is 0 Å². The predicted octanol–water partition coefficient (Wildman–Crippen LogP) is 2.87. The summed E-state index contributed by atoms with van der Waals surface area (Å²) in [5.41, 5.74) is 6.97. The molecule has 2 N–H and O–H groups in total. The minimum absolute atomic E-state index is 0.182. The van der Waals surface area contributed by atoms with Crippen molar-refractivity contribution in [2.24, 2.45) is 17.1 Å². The van der Waals surface area contributed by atoms with E-state index >= 15 is 0 Å². The van der Waals surface area contributed by atoms with Gasteiger partial charge in [-0.15, -0.1) is 0 Å². The quantitative estimate of drug-likeness (QED) is 0.784. The number of nitrogens with zero attached hydrogens (tertiary/aromatic N) is 1. The van der Waals surface area contributed by atoms with E-state index in [-0.39, 0.29) is 17.0 Å². The molecule has 0 saturated heterocycles. The van der Waals surface area contributed by atoms with Gasteiger partial charge in [0.25, 0.3) is 0 Å². The highest BCUT2D eigenvalue weighted by Crippen LogP contribution is 2.42. The molecule has 1 rings (SSSR count). The smallest absolute Gasteiger partial charge is 0.0361 e. The van der Waals surface area contributed by atoms with Crippen LogP contribution in [0.25, 0.3) is 0 Å². The third-order valence-electron chi connectivity index (χ3n) is 4.41. The number of likely N-dealkylation sites (N-methyl/N-ethyl adjacent to an activating group) is 1. The zero-order valence-corrected chi connectivity index (χ0v) is 12.0. The summed E-state index contributed by atoms with van der Waals surface area (Å²) in [6.07, 6.45) is 5.19. The molecule has 1 saturated carbocycles. The average Bonchev–Trinajstić information content (AvgIpc) is 2.14. The fourth-order valence-corrected chi connectivity index (χ4v) is 3.34. The molecule has 1 fully saturated rings. The molecule has 0 spiro atoms. The Morgan fingerprint density at radius 3 is 2.25 bits per heavy atom. The van der Waals surface area contributed by atoms with Gasteiger partial charge < -0.3 is 10.6 Å². The standard InChI is InChI=1S/C14H30N2/c1-11-8-7-9-14(10-11,16(5)6)12(15)13(2,3)4/h11-12H,7-10,15H2,1-6H3. The van der Waals surface area contributed by atoms with Gasteiger partial charge in [-0.1, -0.05) is 40.5 Å². The van der Waals surface area contributed by atoms with Crippen molar-refractivity contribution in [2.45, 2.75) is 65.0 Å². The van der Waals surface area contributed by atoms with Gasteiger partial charge in [-0.2, -0.15) is 0 Å². The first-order chi connectivity index (χ1) is 7.20. The van der Waals surface area contributed by atoms with Crippen molar-refractivity contribution in [1.82, 2.24) is 4.90 Å². The van der Waals surface area contributed by atoms with Crippen molar-refractivity contribution in [3.63, 3.8) is 0 Å². The van der Waals surface area contributed by atoms with E-state index in [0.29, 0.717) is 0 Å². The van der Waals surface area contributed by atoms with Crippen LogP contribution in [0.1, 0.15) is 53.4 Å². The molecule has 0 bridgehead atoms. The maximum Gasteiger partial charge on any atom is 0.0361 e. The summed E-state index contributed by atoms with van der Waals surface area (Å²) in [4.78, 5) is 2.39. The lowest BCUT2D eigenvalue weighted by molar-refractivity contribution is 0.0137. The molecular formula is C14H30N2. The monoisotopic (exact) mass is 226 g/mol. The van der Waals surface area contributed by atoms with E-state index in [0.717, 1.165) is 5.92 Å². The molecule has 1 aliphatic carbocycles. The Morgan fingerprint density at radius 1 is 1.31 bits per heavy atom. The van der Waals surface area contributed by atoms with Crippen molar-refractivity contribution >= 4 is 0 Å². The highest BCUT2D eigenvalue weighted by molar-refractivity contribution is 5.04. The van der Waals surface area contributed by atoms with E-state index in [1.807, 2.05) is 0 Å². The molecule has 0 amide bonds. The molecule has 0 radical (unpaired) electrons. The van der Waals surface area contributed by atoms with Gasteiger partial charge in [-0.25, -0.2) is 0 Å². The Hall–Kier alpha value is -0.0800.